The van der Waals surface area contributed by atoms with Crippen molar-refractivity contribution in [3.63, 3.8) is 0 Å². The third kappa shape index (κ3) is 21.9. The Morgan fingerprint density at radius 3 is 1.18 bits per heavy atom. The molecular weight excluding hydrogens is 499 g/mol. The van der Waals surface area contributed by atoms with E-state index in [0.717, 1.165) is 38.5 Å². The van der Waals surface area contributed by atoms with Crippen molar-refractivity contribution in [2.75, 3.05) is 12.3 Å². The Morgan fingerprint density at radius 2 is 0.795 bits per heavy atom. The zero-order valence-electron chi connectivity index (χ0n) is 26.1. The van der Waals surface area contributed by atoms with Crippen LogP contribution < -0.4 is 0 Å². The Morgan fingerprint density at radius 1 is 0.462 bits per heavy atom. The molecule has 0 aliphatic heterocycles. The van der Waals surface area contributed by atoms with Crippen LogP contribution in [0, 0.1) is 0 Å². The Bertz CT molecular complexity index is 655. The van der Waals surface area contributed by atoms with Gasteiger partial charge in [-0.3, -0.25) is 0 Å². The van der Waals surface area contributed by atoms with Gasteiger partial charge < -0.3 is 0 Å². The molecule has 0 spiro atoms. The van der Waals surface area contributed by atoms with E-state index in [2.05, 4.69) is 44.2 Å². The number of unbranched alkanes of at least 4 members (excludes halogenated alkanes) is 19. The summed E-state index contributed by atoms with van der Waals surface area (Å²) >= 11 is 0. The van der Waals surface area contributed by atoms with E-state index in [0.29, 0.717) is 5.92 Å². The minimum atomic E-state index is -4.41. The summed E-state index contributed by atoms with van der Waals surface area (Å²) in [6.45, 7) is 4.52. The second-order valence-electron chi connectivity index (χ2n) is 12.5. The number of rotatable bonds is 28. The van der Waals surface area contributed by atoms with Crippen LogP contribution in [0.25, 0.3) is 0 Å². The van der Waals surface area contributed by atoms with Crippen LogP contribution in [0.15, 0.2) is 30.3 Å². The second-order valence-corrected chi connectivity index (χ2v) is 16.1. The predicted octanol–water partition coefficient (Wildman–Crippen LogP) is 11.4. The molecule has 1 atom stereocenters. The molecule has 3 nitrogen and oxygen atoms in total. The van der Waals surface area contributed by atoms with E-state index in [4.69, 9.17) is 0 Å². The molecule has 0 bridgehead atoms. The molecule has 0 heterocycles. The number of hydrogen-bond acceptors (Lipinski definition) is 3. The second kappa shape index (κ2) is 23.1. The van der Waals surface area contributed by atoms with Crippen molar-refractivity contribution in [3.05, 3.63) is 35.9 Å². The zero-order valence-corrected chi connectivity index (χ0v) is 27.0. The van der Waals surface area contributed by atoms with Crippen LogP contribution in [0.2, 0.25) is 0 Å². The van der Waals surface area contributed by atoms with Gasteiger partial charge in [-0.05, 0) is 0 Å². The predicted molar refractivity (Wildman–Crippen MR) is 175 cm³/mol. The van der Waals surface area contributed by atoms with Crippen LogP contribution in [0.1, 0.15) is 179 Å². The summed E-state index contributed by atoms with van der Waals surface area (Å²) in [5.41, 5.74) is 1.52. The quantitative estimate of drug-likeness (QED) is 0.0698. The van der Waals surface area contributed by atoms with Crippen molar-refractivity contribution in [2.24, 2.45) is 0 Å². The molecule has 0 fully saturated rings. The molecule has 1 aromatic rings. The fourth-order valence-corrected chi connectivity index (χ4v) is 7.91. The minimum Gasteiger partial charge on any atom is -0.0622 e. The molecule has 0 aliphatic carbocycles. The van der Waals surface area contributed by atoms with Gasteiger partial charge in [0, 0.05) is 0 Å². The average Bonchev–Trinajstić information content (AvgIpc) is 2.92. The van der Waals surface area contributed by atoms with E-state index in [1.54, 1.807) is 0 Å². The van der Waals surface area contributed by atoms with Crippen molar-refractivity contribution < 1.29 is 14.7 Å². The number of benzene rings is 1. The molecule has 1 rings (SSSR count). The van der Waals surface area contributed by atoms with Gasteiger partial charge in [0.25, 0.3) is 0 Å². The van der Waals surface area contributed by atoms with Crippen LogP contribution in [-0.4, -0.2) is 27.0 Å². The van der Waals surface area contributed by atoms with Crippen LogP contribution in [0.5, 0.6) is 0 Å². The normalized spacial score (nSPS) is 13.8. The Kier molecular flexibility index (Phi) is 21.7. The van der Waals surface area contributed by atoms with Gasteiger partial charge in [-0.15, -0.1) is 0 Å². The maximum absolute atomic E-state index is 10.4. The SMILES string of the molecule is CCCCCCCCCCP(O)(O)(O)CCCCCCCCCC(CCCCCCCCC)c1ccccc1. The zero-order chi connectivity index (χ0) is 28.5. The van der Waals surface area contributed by atoms with Gasteiger partial charge >= 0.3 is 180 Å². The average molecular weight is 567 g/mol. The first-order valence-corrected chi connectivity index (χ1v) is 19.6. The summed E-state index contributed by atoms with van der Waals surface area (Å²) in [6, 6.07) is 11.1. The van der Waals surface area contributed by atoms with Gasteiger partial charge in [-0.2, -0.15) is 0 Å². The summed E-state index contributed by atoms with van der Waals surface area (Å²) in [4.78, 5) is 31.3. The molecule has 39 heavy (non-hydrogen) atoms. The van der Waals surface area contributed by atoms with Gasteiger partial charge in [0.2, 0.25) is 0 Å². The van der Waals surface area contributed by atoms with Gasteiger partial charge in [-0.25, -0.2) is 0 Å². The molecule has 0 saturated heterocycles. The molecule has 0 radical (unpaired) electrons. The van der Waals surface area contributed by atoms with Crippen molar-refractivity contribution in [1.82, 2.24) is 0 Å². The third-order valence-electron chi connectivity index (χ3n) is 8.57. The molecule has 1 unspecified atom stereocenters. The Hall–Kier alpha value is -0.470. The van der Waals surface area contributed by atoms with Crippen LogP contribution in [-0.2, 0) is 0 Å². The monoisotopic (exact) mass is 566 g/mol. The van der Waals surface area contributed by atoms with E-state index in [1.807, 2.05) is 0 Å². The summed E-state index contributed by atoms with van der Waals surface area (Å²) in [6.07, 6.45) is 29.8. The molecule has 230 valence electrons. The first kappa shape index (κ1) is 36.6. The molecule has 0 saturated carbocycles. The molecule has 4 heteroatoms. The summed E-state index contributed by atoms with van der Waals surface area (Å²) in [5.74, 6) is 0.704. The Labute approximate surface area is 243 Å². The fourth-order valence-electron chi connectivity index (χ4n) is 5.94. The van der Waals surface area contributed by atoms with Gasteiger partial charge in [0.15, 0.2) is 0 Å². The van der Waals surface area contributed by atoms with Crippen LogP contribution >= 0.6 is 7.28 Å². The van der Waals surface area contributed by atoms with Crippen molar-refractivity contribution in [2.45, 2.75) is 174 Å². The van der Waals surface area contributed by atoms with E-state index in [-0.39, 0.29) is 12.3 Å². The van der Waals surface area contributed by atoms with Crippen LogP contribution in [0.4, 0.5) is 0 Å². The van der Waals surface area contributed by atoms with Crippen LogP contribution in [0.3, 0.4) is 0 Å². The van der Waals surface area contributed by atoms with Crippen molar-refractivity contribution in [1.29, 1.82) is 0 Å². The fraction of sp³-hybridized carbons (Fsp3) is 0.829. The molecular formula is C35H67O3P. The first-order valence-electron chi connectivity index (χ1n) is 17.2. The maximum atomic E-state index is 10.4. The molecule has 0 aromatic heterocycles. The molecule has 0 aliphatic rings. The van der Waals surface area contributed by atoms with E-state index >= 15 is 0 Å². The van der Waals surface area contributed by atoms with Gasteiger partial charge in [0.05, 0.1) is 0 Å². The first-order chi connectivity index (χ1) is 18.9. The Balaban J connectivity index is 2.12. The van der Waals surface area contributed by atoms with Crippen molar-refractivity contribution >= 4 is 7.28 Å². The van der Waals surface area contributed by atoms with Gasteiger partial charge in [-0.1, -0.05) is 63.6 Å². The standard InChI is InChI=1S/C35H67O3P/c1-3-5-7-9-11-15-19-26-32-39(36,37,38)33-27-20-16-12-14-18-23-29-34(35-30-24-21-25-31-35)28-22-17-13-10-8-6-4-2/h21,24-25,30-31,34,36-38H,3-20,22-23,26-29,32-33H2,1-2H3. The number of hydrogen-bond donors (Lipinski definition) is 3. The van der Waals surface area contributed by atoms with Gasteiger partial charge in [0.1, 0.15) is 0 Å². The molecule has 0 amide bonds. The smallest absolute Gasteiger partial charge is 0.0622 e. The minimum absolute atomic E-state index is 0.194. The van der Waals surface area contributed by atoms with E-state index < -0.39 is 7.28 Å². The van der Waals surface area contributed by atoms with E-state index in [1.165, 1.54) is 121 Å². The van der Waals surface area contributed by atoms with Crippen molar-refractivity contribution in [3.8, 4) is 0 Å². The molecule has 3 N–H and O–H groups in total. The topological polar surface area (TPSA) is 60.7 Å². The summed E-state index contributed by atoms with van der Waals surface area (Å²) < 4.78 is 0. The van der Waals surface area contributed by atoms with E-state index in [9.17, 15) is 14.7 Å². The molecule has 1 aromatic carbocycles. The summed E-state index contributed by atoms with van der Waals surface area (Å²) in [7, 11) is -4.41. The summed E-state index contributed by atoms with van der Waals surface area (Å²) in [5, 5.41) is 0. The third-order valence-corrected chi connectivity index (χ3v) is 11.0.